The Bertz CT molecular complexity index is 672. The second kappa shape index (κ2) is 4.80. The summed E-state index contributed by atoms with van der Waals surface area (Å²) >= 11 is 0. The van der Waals surface area contributed by atoms with E-state index in [0.717, 1.165) is 29.1 Å². The zero-order chi connectivity index (χ0) is 14.3. The summed E-state index contributed by atoms with van der Waals surface area (Å²) in [5.74, 6) is 0.163. The van der Waals surface area contributed by atoms with Gasteiger partial charge in [-0.15, -0.1) is 0 Å². The van der Waals surface area contributed by atoms with Gasteiger partial charge in [0.05, 0.1) is 6.42 Å². The second-order valence-electron chi connectivity index (χ2n) is 5.34. The minimum Gasteiger partial charge on any atom is -0.358 e. The molecule has 0 bridgehead atoms. The van der Waals surface area contributed by atoms with Gasteiger partial charge in [-0.1, -0.05) is 6.07 Å². The van der Waals surface area contributed by atoms with Crippen molar-refractivity contribution in [1.82, 2.24) is 10.3 Å². The van der Waals surface area contributed by atoms with Gasteiger partial charge in [-0.25, -0.2) is 0 Å². The van der Waals surface area contributed by atoms with Crippen LogP contribution in [0.15, 0.2) is 24.3 Å². The van der Waals surface area contributed by atoms with Crippen LogP contribution in [0, 0.1) is 6.92 Å². The van der Waals surface area contributed by atoms with Crippen molar-refractivity contribution in [3.63, 3.8) is 0 Å². The van der Waals surface area contributed by atoms with Gasteiger partial charge in [-0.05, 0) is 48.9 Å². The van der Waals surface area contributed by atoms with Gasteiger partial charge in [-0.3, -0.25) is 4.79 Å². The molecule has 0 unspecified atom stereocenters. The van der Waals surface area contributed by atoms with Crippen LogP contribution >= 0.6 is 0 Å². The van der Waals surface area contributed by atoms with Crippen LogP contribution in [0.1, 0.15) is 16.8 Å². The number of rotatable bonds is 3. The molecule has 1 aromatic heterocycles. The van der Waals surface area contributed by atoms with Crippen LogP contribution in [0.2, 0.25) is 0 Å². The molecule has 2 heterocycles. The molecule has 0 saturated carbocycles. The lowest BCUT2D eigenvalue weighted by molar-refractivity contribution is -0.117. The second-order valence-corrected chi connectivity index (χ2v) is 5.34. The highest BCUT2D eigenvalue weighted by Gasteiger charge is 2.24. The number of aromatic nitrogens is 1. The standard InChI is InChI=1S/C16H19N3O/c1-10-13(9-17-2)7-14(18-10)11-4-5-15-12(6-11)8-16(20)19(15)3/h4-7,17-18H,8-9H2,1-3H3. The first-order chi connectivity index (χ1) is 9.60. The summed E-state index contributed by atoms with van der Waals surface area (Å²) in [6.45, 7) is 2.94. The average Bonchev–Trinajstić information content (AvgIpc) is 2.92. The van der Waals surface area contributed by atoms with Crippen LogP contribution in [0.25, 0.3) is 11.3 Å². The Balaban J connectivity index is 1.98. The molecule has 1 amide bonds. The Morgan fingerprint density at radius 3 is 2.90 bits per heavy atom. The number of hydrogen-bond acceptors (Lipinski definition) is 2. The highest BCUT2D eigenvalue weighted by Crippen LogP contribution is 2.32. The Morgan fingerprint density at radius 2 is 2.15 bits per heavy atom. The zero-order valence-electron chi connectivity index (χ0n) is 12.1. The molecule has 0 atom stereocenters. The minimum absolute atomic E-state index is 0.163. The number of carbonyl (C=O) groups is 1. The third kappa shape index (κ3) is 2.02. The third-order valence-corrected chi connectivity index (χ3v) is 3.96. The smallest absolute Gasteiger partial charge is 0.231 e. The molecule has 4 heteroatoms. The first kappa shape index (κ1) is 12.9. The van der Waals surface area contributed by atoms with Crippen LogP contribution in [0.3, 0.4) is 0 Å². The average molecular weight is 269 g/mol. The fourth-order valence-corrected chi connectivity index (χ4v) is 2.77. The topological polar surface area (TPSA) is 48.1 Å². The summed E-state index contributed by atoms with van der Waals surface area (Å²) in [6, 6.07) is 8.39. The number of aryl methyl sites for hydroxylation is 1. The highest BCUT2D eigenvalue weighted by atomic mass is 16.2. The van der Waals surface area contributed by atoms with E-state index in [1.807, 2.05) is 20.2 Å². The van der Waals surface area contributed by atoms with E-state index in [1.54, 1.807) is 4.90 Å². The molecule has 2 N–H and O–H groups in total. The van der Waals surface area contributed by atoms with Gasteiger partial charge in [0.25, 0.3) is 0 Å². The molecule has 1 aliphatic heterocycles. The molecular formula is C16H19N3O. The predicted octanol–water partition coefficient (Wildman–Crippen LogP) is 2.23. The summed E-state index contributed by atoms with van der Waals surface area (Å²) in [4.78, 5) is 16.9. The quantitative estimate of drug-likeness (QED) is 0.897. The van der Waals surface area contributed by atoms with Crippen molar-refractivity contribution >= 4 is 11.6 Å². The van der Waals surface area contributed by atoms with Gasteiger partial charge in [-0.2, -0.15) is 0 Å². The van der Waals surface area contributed by atoms with Crippen molar-refractivity contribution in [3.05, 3.63) is 41.1 Å². The summed E-state index contributed by atoms with van der Waals surface area (Å²) in [6.07, 6.45) is 0.503. The number of benzene rings is 1. The van der Waals surface area contributed by atoms with Crippen molar-refractivity contribution < 1.29 is 4.79 Å². The molecule has 0 spiro atoms. The molecule has 104 valence electrons. The first-order valence-electron chi connectivity index (χ1n) is 6.83. The van der Waals surface area contributed by atoms with Gasteiger partial charge < -0.3 is 15.2 Å². The molecular weight excluding hydrogens is 250 g/mol. The number of nitrogens with zero attached hydrogens (tertiary/aromatic N) is 1. The summed E-state index contributed by atoms with van der Waals surface area (Å²) in [5, 5.41) is 3.17. The molecule has 0 saturated heterocycles. The zero-order valence-corrected chi connectivity index (χ0v) is 12.1. The monoisotopic (exact) mass is 269 g/mol. The summed E-state index contributed by atoms with van der Waals surface area (Å²) < 4.78 is 0. The van der Waals surface area contributed by atoms with E-state index in [2.05, 4.69) is 35.4 Å². The van der Waals surface area contributed by atoms with Crippen molar-refractivity contribution in [2.24, 2.45) is 0 Å². The van der Waals surface area contributed by atoms with Crippen LogP contribution in [-0.4, -0.2) is 25.0 Å². The van der Waals surface area contributed by atoms with E-state index in [4.69, 9.17) is 0 Å². The number of hydrogen-bond donors (Lipinski definition) is 2. The molecule has 4 nitrogen and oxygen atoms in total. The van der Waals surface area contributed by atoms with E-state index in [9.17, 15) is 4.79 Å². The third-order valence-electron chi connectivity index (χ3n) is 3.96. The number of amides is 1. The Hall–Kier alpha value is -2.07. The van der Waals surface area contributed by atoms with Gasteiger partial charge >= 0.3 is 0 Å². The Morgan fingerprint density at radius 1 is 1.35 bits per heavy atom. The van der Waals surface area contributed by atoms with E-state index < -0.39 is 0 Å². The lowest BCUT2D eigenvalue weighted by Crippen LogP contribution is -2.20. The van der Waals surface area contributed by atoms with Crippen molar-refractivity contribution in [2.45, 2.75) is 19.9 Å². The van der Waals surface area contributed by atoms with E-state index in [1.165, 1.54) is 11.3 Å². The molecule has 3 rings (SSSR count). The molecule has 2 aromatic rings. The van der Waals surface area contributed by atoms with Crippen LogP contribution in [-0.2, 0) is 17.8 Å². The fraction of sp³-hybridized carbons (Fsp3) is 0.312. The molecule has 1 aromatic carbocycles. The van der Waals surface area contributed by atoms with Crippen molar-refractivity contribution in [2.75, 3.05) is 19.0 Å². The molecule has 0 fully saturated rings. The minimum atomic E-state index is 0.163. The first-order valence-corrected chi connectivity index (χ1v) is 6.83. The normalized spacial score (nSPS) is 13.9. The maximum absolute atomic E-state index is 11.7. The molecule has 0 aliphatic carbocycles. The number of likely N-dealkylation sites (N-methyl/N-ethyl adjacent to an activating group) is 1. The summed E-state index contributed by atoms with van der Waals surface area (Å²) in [7, 11) is 3.78. The number of nitrogens with one attached hydrogen (secondary N) is 2. The lowest BCUT2D eigenvalue weighted by atomic mass is 10.1. The number of carbonyl (C=O) groups excluding carboxylic acids is 1. The Kier molecular flexibility index (Phi) is 3.10. The van der Waals surface area contributed by atoms with Gasteiger partial charge in [0, 0.05) is 30.7 Å². The van der Waals surface area contributed by atoms with E-state index in [-0.39, 0.29) is 5.91 Å². The number of anilines is 1. The maximum atomic E-state index is 11.7. The largest absolute Gasteiger partial charge is 0.358 e. The van der Waals surface area contributed by atoms with Crippen LogP contribution in [0.5, 0.6) is 0 Å². The fourth-order valence-electron chi connectivity index (χ4n) is 2.77. The lowest BCUT2D eigenvalue weighted by Gasteiger charge is -2.10. The van der Waals surface area contributed by atoms with Crippen molar-refractivity contribution in [3.8, 4) is 11.3 Å². The number of fused-ring (bicyclic) bond motifs is 1. The van der Waals surface area contributed by atoms with Crippen LogP contribution in [0.4, 0.5) is 5.69 Å². The Labute approximate surface area is 118 Å². The van der Waals surface area contributed by atoms with Gasteiger partial charge in [0.1, 0.15) is 0 Å². The predicted molar refractivity (Wildman–Crippen MR) is 80.8 cm³/mol. The van der Waals surface area contributed by atoms with Crippen LogP contribution < -0.4 is 10.2 Å². The van der Waals surface area contributed by atoms with Crippen molar-refractivity contribution in [1.29, 1.82) is 0 Å². The van der Waals surface area contributed by atoms with Gasteiger partial charge in [0.2, 0.25) is 5.91 Å². The van der Waals surface area contributed by atoms with E-state index >= 15 is 0 Å². The summed E-state index contributed by atoms with van der Waals surface area (Å²) in [5.41, 5.74) is 6.84. The highest BCUT2D eigenvalue weighted by molar-refractivity contribution is 6.01. The van der Waals surface area contributed by atoms with E-state index in [0.29, 0.717) is 6.42 Å². The maximum Gasteiger partial charge on any atom is 0.231 e. The molecule has 0 radical (unpaired) electrons. The number of H-pyrrole nitrogens is 1. The SMILES string of the molecule is CNCc1cc(-c2ccc3c(c2)CC(=O)N3C)[nH]c1C. The van der Waals surface area contributed by atoms with Gasteiger partial charge in [0.15, 0.2) is 0 Å². The molecule has 20 heavy (non-hydrogen) atoms. The molecule has 1 aliphatic rings. The number of aromatic amines is 1.